The molecule has 0 unspecified atom stereocenters. The predicted molar refractivity (Wildman–Crippen MR) is 134 cm³/mol. The summed E-state index contributed by atoms with van der Waals surface area (Å²) in [4.78, 5) is 12.6. The molecule has 0 heterocycles. The molecule has 1 saturated carbocycles. The van der Waals surface area contributed by atoms with Gasteiger partial charge in [-0.2, -0.15) is 4.39 Å². The van der Waals surface area contributed by atoms with Crippen molar-refractivity contribution in [1.29, 1.82) is 0 Å². The first kappa shape index (κ1) is 25.5. The van der Waals surface area contributed by atoms with E-state index in [0.717, 1.165) is 25.7 Å². The van der Waals surface area contributed by atoms with Gasteiger partial charge in [0.25, 0.3) is 0 Å². The van der Waals surface area contributed by atoms with E-state index in [1.54, 1.807) is 30.3 Å². The van der Waals surface area contributed by atoms with Crippen molar-refractivity contribution in [3.05, 3.63) is 95.8 Å². The van der Waals surface area contributed by atoms with E-state index in [1.165, 1.54) is 30.3 Å². The van der Waals surface area contributed by atoms with Crippen molar-refractivity contribution in [3.63, 3.8) is 0 Å². The molecule has 0 aromatic heterocycles. The van der Waals surface area contributed by atoms with Crippen LogP contribution in [0.5, 0.6) is 11.5 Å². The second-order valence-electron chi connectivity index (χ2n) is 9.28. The van der Waals surface area contributed by atoms with Crippen molar-refractivity contribution in [2.75, 3.05) is 6.61 Å². The molecule has 0 atom stereocenters. The van der Waals surface area contributed by atoms with Crippen molar-refractivity contribution in [3.8, 4) is 22.6 Å². The molecule has 1 fully saturated rings. The molecule has 0 radical (unpaired) electrons. The minimum Gasteiger partial charge on any atom is -0.490 e. The number of halogens is 3. The Morgan fingerprint density at radius 2 is 1.58 bits per heavy atom. The van der Waals surface area contributed by atoms with Crippen LogP contribution in [0.1, 0.15) is 60.9 Å². The lowest BCUT2D eigenvalue weighted by molar-refractivity contribution is 0.0726. The van der Waals surface area contributed by atoms with E-state index in [0.29, 0.717) is 35.6 Å². The Hall–Kier alpha value is -3.54. The number of rotatable bonds is 8. The van der Waals surface area contributed by atoms with E-state index in [2.05, 4.69) is 13.5 Å². The summed E-state index contributed by atoms with van der Waals surface area (Å²) in [5, 5.41) is 0. The number of hydrogen-bond donors (Lipinski definition) is 0. The quantitative estimate of drug-likeness (QED) is 0.137. The van der Waals surface area contributed by atoms with Gasteiger partial charge in [-0.1, -0.05) is 50.1 Å². The summed E-state index contributed by atoms with van der Waals surface area (Å²) in [6, 6.07) is 13.7. The van der Waals surface area contributed by atoms with Gasteiger partial charge in [0.05, 0.1) is 12.2 Å². The van der Waals surface area contributed by atoms with Crippen LogP contribution in [0.25, 0.3) is 11.1 Å². The van der Waals surface area contributed by atoms with Gasteiger partial charge in [0.1, 0.15) is 0 Å². The molecule has 6 heteroatoms. The first-order valence-electron chi connectivity index (χ1n) is 12.2. The summed E-state index contributed by atoms with van der Waals surface area (Å²) >= 11 is 0. The van der Waals surface area contributed by atoms with Gasteiger partial charge < -0.3 is 9.47 Å². The summed E-state index contributed by atoms with van der Waals surface area (Å²) in [6.07, 6.45) is 5.91. The highest BCUT2D eigenvalue weighted by Crippen LogP contribution is 2.38. The molecule has 1 aliphatic rings. The Morgan fingerprint density at radius 3 is 2.25 bits per heavy atom. The van der Waals surface area contributed by atoms with Crippen LogP contribution < -0.4 is 9.47 Å². The minimum atomic E-state index is -1.15. The van der Waals surface area contributed by atoms with Crippen LogP contribution in [0, 0.1) is 23.4 Å². The highest BCUT2D eigenvalue weighted by Gasteiger charge is 2.26. The maximum atomic E-state index is 14.8. The molecule has 3 nitrogen and oxygen atoms in total. The van der Waals surface area contributed by atoms with Gasteiger partial charge in [0, 0.05) is 0 Å². The molecule has 4 rings (SSSR count). The Morgan fingerprint density at radius 1 is 0.917 bits per heavy atom. The molecule has 0 amide bonds. The number of carbonyl (C=O) groups excluding carboxylic acids is 1. The normalized spacial score (nSPS) is 17.4. The number of esters is 1. The molecule has 0 N–H and O–H groups in total. The van der Waals surface area contributed by atoms with Crippen LogP contribution >= 0.6 is 0 Å². The van der Waals surface area contributed by atoms with Gasteiger partial charge in [0.2, 0.25) is 5.82 Å². The highest BCUT2D eigenvalue weighted by atomic mass is 19.2. The first-order valence-corrected chi connectivity index (χ1v) is 12.2. The van der Waals surface area contributed by atoms with Crippen molar-refractivity contribution < 1.29 is 27.4 Å². The summed E-state index contributed by atoms with van der Waals surface area (Å²) in [5.41, 5.74) is 1.78. The molecular weight excluding hydrogens is 465 g/mol. The Bertz CT molecular complexity index is 1230. The van der Waals surface area contributed by atoms with E-state index in [1.807, 2.05) is 0 Å². The maximum Gasteiger partial charge on any atom is 0.343 e. The van der Waals surface area contributed by atoms with E-state index in [-0.39, 0.29) is 17.2 Å². The van der Waals surface area contributed by atoms with Gasteiger partial charge in [0.15, 0.2) is 23.1 Å². The van der Waals surface area contributed by atoms with Crippen LogP contribution in [-0.4, -0.2) is 12.6 Å². The van der Waals surface area contributed by atoms with E-state index >= 15 is 0 Å². The van der Waals surface area contributed by atoms with Crippen molar-refractivity contribution >= 4 is 5.97 Å². The predicted octanol–water partition coefficient (Wildman–Crippen LogP) is 8.24. The maximum absolute atomic E-state index is 14.8. The molecule has 36 heavy (non-hydrogen) atoms. The van der Waals surface area contributed by atoms with Gasteiger partial charge in [-0.25, -0.2) is 13.6 Å². The number of ether oxygens (including phenoxy) is 2. The average molecular weight is 495 g/mol. The van der Waals surface area contributed by atoms with Gasteiger partial charge in [-0.05, 0) is 78.1 Å². The van der Waals surface area contributed by atoms with E-state index in [4.69, 9.17) is 9.47 Å². The molecular formula is C30H29F3O3. The SMILES string of the molecule is C=CCCOc1ccc(-c2ccc(C(=O)Oc3ccc(C4CCC(C)CC4)c(F)c3F)cc2)cc1F. The van der Waals surface area contributed by atoms with E-state index < -0.39 is 29.2 Å². The summed E-state index contributed by atoms with van der Waals surface area (Å²) in [5.74, 6) is -3.12. The van der Waals surface area contributed by atoms with Gasteiger partial charge >= 0.3 is 5.97 Å². The molecule has 0 spiro atoms. The van der Waals surface area contributed by atoms with Crippen molar-refractivity contribution in [2.45, 2.75) is 44.9 Å². The lowest BCUT2D eigenvalue weighted by Crippen LogP contribution is -2.14. The third-order valence-corrected chi connectivity index (χ3v) is 6.70. The largest absolute Gasteiger partial charge is 0.490 e. The third kappa shape index (κ3) is 5.81. The third-order valence-electron chi connectivity index (χ3n) is 6.70. The highest BCUT2D eigenvalue weighted by molar-refractivity contribution is 5.91. The lowest BCUT2D eigenvalue weighted by atomic mass is 9.79. The molecule has 3 aromatic rings. The lowest BCUT2D eigenvalue weighted by Gasteiger charge is -2.27. The van der Waals surface area contributed by atoms with Gasteiger partial charge in [-0.3, -0.25) is 0 Å². The zero-order chi connectivity index (χ0) is 25.7. The first-order chi connectivity index (χ1) is 17.4. The number of hydrogen-bond acceptors (Lipinski definition) is 3. The fraction of sp³-hybridized carbons (Fsp3) is 0.300. The van der Waals surface area contributed by atoms with E-state index in [9.17, 15) is 18.0 Å². The second kappa shape index (κ2) is 11.5. The van der Waals surface area contributed by atoms with Crippen LogP contribution in [0.3, 0.4) is 0 Å². The molecule has 0 bridgehead atoms. The Labute approximate surface area is 209 Å². The molecule has 0 saturated heterocycles. The van der Waals surface area contributed by atoms with Crippen LogP contribution in [0.2, 0.25) is 0 Å². The number of carbonyl (C=O) groups is 1. The molecule has 188 valence electrons. The molecule has 1 aliphatic carbocycles. The topological polar surface area (TPSA) is 35.5 Å². The monoisotopic (exact) mass is 494 g/mol. The van der Waals surface area contributed by atoms with Crippen LogP contribution in [0.4, 0.5) is 13.2 Å². The molecule has 3 aromatic carbocycles. The zero-order valence-electron chi connectivity index (χ0n) is 20.2. The zero-order valence-corrected chi connectivity index (χ0v) is 20.2. The van der Waals surface area contributed by atoms with Crippen molar-refractivity contribution in [2.24, 2.45) is 5.92 Å². The fourth-order valence-electron chi connectivity index (χ4n) is 4.52. The Balaban J connectivity index is 1.43. The summed E-state index contributed by atoms with van der Waals surface area (Å²) in [7, 11) is 0. The van der Waals surface area contributed by atoms with Crippen molar-refractivity contribution in [1.82, 2.24) is 0 Å². The smallest absolute Gasteiger partial charge is 0.343 e. The summed E-state index contributed by atoms with van der Waals surface area (Å²) in [6.45, 7) is 6.10. The standard InChI is InChI=1S/C30H29F3O3/c1-3-4-17-35-26-15-13-23(18-25(26)31)20-9-11-22(12-10-20)30(34)36-27-16-14-24(28(32)29(27)33)21-7-5-19(2)6-8-21/h3,9-16,18-19,21H,1,4-8,17H2,2H3. The second-order valence-corrected chi connectivity index (χ2v) is 9.28. The summed E-state index contributed by atoms with van der Waals surface area (Å²) < 4.78 is 54.4. The average Bonchev–Trinajstić information content (AvgIpc) is 2.89. The minimum absolute atomic E-state index is 0.0226. The molecule has 0 aliphatic heterocycles. The fourth-order valence-corrected chi connectivity index (χ4v) is 4.52. The Kier molecular flexibility index (Phi) is 8.14. The van der Waals surface area contributed by atoms with Crippen LogP contribution in [0.15, 0.2) is 67.3 Å². The number of benzene rings is 3. The van der Waals surface area contributed by atoms with Gasteiger partial charge in [-0.15, -0.1) is 6.58 Å². The van der Waals surface area contributed by atoms with Crippen LogP contribution in [-0.2, 0) is 0 Å².